The molecule has 0 bridgehead atoms. The minimum absolute atomic E-state index is 0.0615. The van der Waals surface area contributed by atoms with Gasteiger partial charge in [0, 0.05) is 25.7 Å². The number of likely N-dealkylation sites (N-methyl/N-ethyl adjacent to an activating group) is 1. The first-order valence-electron chi connectivity index (χ1n) is 6.38. The summed E-state index contributed by atoms with van der Waals surface area (Å²) < 4.78 is 5.35. The van der Waals surface area contributed by atoms with Crippen LogP contribution in [0, 0.1) is 5.92 Å². The first-order valence-corrected chi connectivity index (χ1v) is 6.38. The second-order valence-corrected chi connectivity index (χ2v) is 4.79. The Balaban J connectivity index is 2.39. The SMILES string of the molecule is CNCC(=O)NCC(C(C)C)N1CCOCC1. The molecule has 1 aliphatic rings. The molecule has 0 aromatic rings. The van der Waals surface area contributed by atoms with Gasteiger partial charge in [0.25, 0.3) is 0 Å². The fourth-order valence-corrected chi connectivity index (χ4v) is 2.14. The highest BCUT2D eigenvalue weighted by Gasteiger charge is 2.23. The van der Waals surface area contributed by atoms with Crippen molar-refractivity contribution in [1.82, 2.24) is 15.5 Å². The van der Waals surface area contributed by atoms with E-state index in [9.17, 15) is 4.79 Å². The van der Waals surface area contributed by atoms with E-state index in [0.717, 1.165) is 32.8 Å². The van der Waals surface area contributed by atoms with Gasteiger partial charge in [0.2, 0.25) is 5.91 Å². The Bertz CT molecular complexity index is 228. The van der Waals surface area contributed by atoms with Crippen LogP contribution in [0.2, 0.25) is 0 Å². The van der Waals surface area contributed by atoms with Crippen LogP contribution in [0.25, 0.3) is 0 Å². The molecule has 1 heterocycles. The molecule has 0 aliphatic carbocycles. The van der Waals surface area contributed by atoms with E-state index < -0.39 is 0 Å². The summed E-state index contributed by atoms with van der Waals surface area (Å²) in [6.45, 7) is 9.03. The highest BCUT2D eigenvalue weighted by molar-refractivity contribution is 5.77. The lowest BCUT2D eigenvalue weighted by atomic mass is 10.0. The molecule has 5 nitrogen and oxygen atoms in total. The number of carbonyl (C=O) groups is 1. The molecular weight excluding hydrogens is 218 g/mol. The predicted octanol–water partition coefficient (Wildman–Crippen LogP) is -0.321. The summed E-state index contributed by atoms with van der Waals surface area (Å²) in [6.07, 6.45) is 0. The van der Waals surface area contributed by atoms with Crippen LogP contribution in [0.1, 0.15) is 13.8 Å². The van der Waals surface area contributed by atoms with E-state index in [2.05, 4.69) is 29.4 Å². The van der Waals surface area contributed by atoms with Gasteiger partial charge in [-0.25, -0.2) is 0 Å². The maximum Gasteiger partial charge on any atom is 0.234 e. The summed E-state index contributed by atoms with van der Waals surface area (Å²) in [6, 6.07) is 0.403. The van der Waals surface area contributed by atoms with Crippen LogP contribution in [0.15, 0.2) is 0 Å². The van der Waals surface area contributed by atoms with Crippen LogP contribution >= 0.6 is 0 Å². The van der Waals surface area contributed by atoms with Crippen LogP contribution in [0.3, 0.4) is 0 Å². The van der Waals surface area contributed by atoms with Gasteiger partial charge in [-0.05, 0) is 13.0 Å². The van der Waals surface area contributed by atoms with Crippen molar-refractivity contribution in [2.75, 3.05) is 46.4 Å². The number of morpholine rings is 1. The lowest BCUT2D eigenvalue weighted by Crippen LogP contribution is -2.51. The molecule has 0 radical (unpaired) electrons. The number of hydrogen-bond acceptors (Lipinski definition) is 4. The van der Waals surface area contributed by atoms with E-state index in [-0.39, 0.29) is 5.91 Å². The summed E-state index contributed by atoms with van der Waals surface area (Å²) in [5, 5.41) is 5.83. The normalized spacial score (nSPS) is 19.3. The zero-order chi connectivity index (χ0) is 12.7. The van der Waals surface area contributed by atoms with Gasteiger partial charge in [-0.15, -0.1) is 0 Å². The fraction of sp³-hybridized carbons (Fsp3) is 0.917. The third kappa shape index (κ3) is 5.02. The van der Waals surface area contributed by atoms with Gasteiger partial charge < -0.3 is 15.4 Å². The van der Waals surface area contributed by atoms with Crippen molar-refractivity contribution in [1.29, 1.82) is 0 Å². The third-order valence-electron chi connectivity index (χ3n) is 3.13. The number of nitrogens with zero attached hydrogens (tertiary/aromatic N) is 1. The standard InChI is InChI=1S/C12H25N3O2/c1-10(2)11(8-14-12(16)9-13-3)15-4-6-17-7-5-15/h10-11,13H,4-9H2,1-3H3,(H,14,16). The van der Waals surface area contributed by atoms with Crippen LogP contribution < -0.4 is 10.6 Å². The van der Waals surface area contributed by atoms with Gasteiger partial charge in [0.05, 0.1) is 19.8 Å². The molecule has 0 spiro atoms. The molecule has 1 fully saturated rings. The molecule has 0 aromatic heterocycles. The van der Waals surface area contributed by atoms with E-state index in [1.54, 1.807) is 7.05 Å². The largest absolute Gasteiger partial charge is 0.379 e. The predicted molar refractivity (Wildman–Crippen MR) is 68.0 cm³/mol. The average Bonchev–Trinajstić information content (AvgIpc) is 2.30. The lowest BCUT2D eigenvalue weighted by molar-refractivity contribution is -0.120. The van der Waals surface area contributed by atoms with Crippen LogP contribution in [-0.4, -0.2) is 63.3 Å². The number of hydrogen-bond donors (Lipinski definition) is 2. The second kappa shape index (κ2) is 7.63. The van der Waals surface area contributed by atoms with Crippen molar-refractivity contribution in [3.63, 3.8) is 0 Å². The summed E-state index contributed by atoms with van der Waals surface area (Å²) in [5.41, 5.74) is 0. The van der Waals surface area contributed by atoms with Crippen LogP contribution in [-0.2, 0) is 9.53 Å². The molecule has 1 aliphatic heterocycles. The smallest absolute Gasteiger partial charge is 0.234 e. The average molecular weight is 243 g/mol. The molecule has 1 saturated heterocycles. The zero-order valence-electron chi connectivity index (χ0n) is 11.2. The number of rotatable bonds is 6. The molecule has 2 N–H and O–H groups in total. The summed E-state index contributed by atoms with van der Waals surface area (Å²) >= 11 is 0. The highest BCUT2D eigenvalue weighted by atomic mass is 16.5. The Labute approximate surface area is 104 Å². The van der Waals surface area contributed by atoms with Gasteiger partial charge in [0.15, 0.2) is 0 Å². The third-order valence-corrected chi connectivity index (χ3v) is 3.13. The number of carbonyl (C=O) groups excluding carboxylic acids is 1. The lowest BCUT2D eigenvalue weighted by Gasteiger charge is -2.36. The van der Waals surface area contributed by atoms with Gasteiger partial charge >= 0.3 is 0 Å². The van der Waals surface area contributed by atoms with Crippen molar-refractivity contribution >= 4 is 5.91 Å². The Morgan fingerprint density at radius 1 is 1.35 bits per heavy atom. The first kappa shape index (κ1) is 14.4. The molecule has 1 atom stereocenters. The summed E-state index contributed by atoms with van der Waals surface area (Å²) in [7, 11) is 1.78. The van der Waals surface area contributed by atoms with E-state index in [4.69, 9.17) is 4.74 Å². The maximum atomic E-state index is 11.4. The number of nitrogens with one attached hydrogen (secondary N) is 2. The van der Waals surface area contributed by atoms with E-state index in [1.165, 1.54) is 0 Å². The number of amides is 1. The topological polar surface area (TPSA) is 53.6 Å². The maximum absolute atomic E-state index is 11.4. The van der Waals surface area contributed by atoms with Crippen molar-refractivity contribution < 1.29 is 9.53 Å². The Morgan fingerprint density at radius 2 is 2.00 bits per heavy atom. The van der Waals surface area contributed by atoms with Crippen molar-refractivity contribution in [3.05, 3.63) is 0 Å². The van der Waals surface area contributed by atoms with Crippen LogP contribution in [0.4, 0.5) is 0 Å². The molecule has 17 heavy (non-hydrogen) atoms. The number of ether oxygens (including phenoxy) is 1. The second-order valence-electron chi connectivity index (χ2n) is 4.79. The Morgan fingerprint density at radius 3 is 2.53 bits per heavy atom. The van der Waals surface area contributed by atoms with Gasteiger partial charge in [0.1, 0.15) is 0 Å². The highest BCUT2D eigenvalue weighted by Crippen LogP contribution is 2.12. The van der Waals surface area contributed by atoms with E-state index >= 15 is 0 Å². The minimum Gasteiger partial charge on any atom is -0.379 e. The summed E-state index contributed by atoms with van der Waals surface area (Å²) in [5.74, 6) is 0.592. The Hall–Kier alpha value is -0.650. The van der Waals surface area contributed by atoms with Gasteiger partial charge in [-0.3, -0.25) is 9.69 Å². The Kier molecular flexibility index (Phi) is 6.47. The molecule has 0 saturated carbocycles. The molecule has 5 heteroatoms. The van der Waals surface area contributed by atoms with E-state index in [0.29, 0.717) is 18.5 Å². The van der Waals surface area contributed by atoms with Crippen molar-refractivity contribution in [2.24, 2.45) is 5.92 Å². The van der Waals surface area contributed by atoms with Crippen molar-refractivity contribution in [2.45, 2.75) is 19.9 Å². The molecule has 1 unspecified atom stereocenters. The van der Waals surface area contributed by atoms with Gasteiger partial charge in [-0.2, -0.15) is 0 Å². The molecule has 1 amide bonds. The minimum atomic E-state index is 0.0615. The van der Waals surface area contributed by atoms with Gasteiger partial charge in [-0.1, -0.05) is 13.8 Å². The first-order chi connectivity index (χ1) is 8.15. The molecule has 0 aromatic carbocycles. The quantitative estimate of drug-likeness (QED) is 0.671. The zero-order valence-corrected chi connectivity index (χ0v) is 11.2. The fourth-order valence-electron chi connectivity index (χ4n) is 2.14. The summed E-state index contributed by atoms with van der Waals surface area (Å²) in [4.78, 5) is 13.8. The van der Waals surface area contributed by atoms with E-state index in [1.807, 2.05) is 0 Å². The van der Waals surface area contributed by atoms with Crippen LogP contribution in [0.5, 0.6) is 0 Å². The molecular formula is C12H25N3O2. The molecule has 1 rings (SSSR count). The molecule has 100 valence electrons. The monoisotopic (exact) mass is 243 g/mol. The van der Waals surface area contributed by atoms with Crippen molar-refractivity contribution in [3.8, 4) is 0 Å².